The van der Waals surface area contributed by atoms with Crippen LogP contribution in [0.25, 0.3) is 0 Å². The van der Waals surface area contributed by atoms with Gasteiger partial charge in [-0.25, -0.2) is 4.79 Å². The highest BCUT2D eigenvalue weighted by molar-refractivity contribution is 5.89. The zero-order chi connectivity index (χ0) is 12.4. The molecule has 2 saturated carbocycles. The molecule has 4 nitrogen and oxygen atoms in total. The quantitative estimate of drug-likeness (QED) is 0.534. The Morgan fingerprint density at radius 3 is 2.94 bits per heavy atom. The number of hydrogen-bond donors (Lipinski definition) is 0. The minimum Gasteiger partial charge on any atom is -0.453 e. The van der Waals surface area contributed by atoms with Crippen molar-refractivity contribution in [1.29, 1.82) is 0 Å². The van der Waals surface area contributed by atoms with E-state index in [9.17, 15) is 9.59 Å². The Morgan fingerprint density at radius 2 is 2.29 bits per heavy atom. The summed E-state index contributed by atoms with van der Waals surface area (Å²) in [6.07, 6.45) is 0.950. The zero-order valence-corrected chi connectivity index (χ0v) is 10.1. The van der Waals surface area contributed by atoms with Crippen LogP contribution in [-0.2, 0) is 19.1 Å². The van der Waals surface area contributed by atoms with Gasteiger partial charge in [0.25, 0.3) is 0 Å². The van der Waals surface area contributed by atoms with Crippen LogP contribution in [0.4, 0.5) is 0 Å². The van der Waals surface area contributed by atoms with E-state index in [0.717, 1.165) is 6.42 Å². The van der Waals surface area contributed by atoms with Gasteiger partial charge in [0.1, 0.15) is 11.7 Å². The van der Waals surface area contributed by atoms with Gasteiger partial charge in [-0.1, -0.05) is 6.58 Å². The molecule has 0 aromatic carbocycles. The molecule has 1 saturated heterocycles. The summed E-state index contributed by atoms with van der Waals surface area (Å²) in [6, 6.07) is 0. The molecular formula is C13H16O4. The summed E-state index contributed by atoms with van der Waals surface area (Å²) in [4.78, 5) is 23.4. The van der Waals surface area contributed by atoms with Gasteiger partial charge in [-0.15, -0.1) is 0 Å². The molecule has 17 heavy (non-hydrogen) atoms. The molecule has 0 aromatic rings. The molecule has 1 aliphatic heterocycles. The first kappa shape index (κ1) is 11.0. The summed E-state index contributed by atoms with van der Waals surface area (Å²) in [6.45, 7) is 7.10. The monoisotopic (exact) mass is 236 g/mol. The number of ketones is 1. The third-order valence-electron chi connectivity index (χ3n) is 4.48. The first-order valence-corrected chi connectivity index (χ1v) is 6.00. The van der Waals surface area contributed by atoms with E-state index < -0.39 is 5.60 Å². The van der Waals surface area contributed by atoms with Crippen LogP contribution < -0.4 is 0 Å². The average molecular weight is 236 g/mol. The van der Waals surface area contributed by atoms with Crippen LogP contribution >= 0.6 is 0 Å². The minimum atomic E-state index is -0.649. The Bertz CT molecular complexity index is 427. The lowest BCUT2D eigenvalue weighted by atomic mass is 9.86. The van der Waals surface area contributed by atoms with Crippen molar-refractivity contribution >= 4 is 11.8 Å². The van der Waals surface area contributed by atoms with E-state index in [1.807, 2.05) is 6.92 Å². The van der Waals surface area contributed by atoms with Crippen molar-refractivity contribution in [2.75, 3.05) is 0 Å². The lowest BCUT2D eigenvalue weighted by Crippen LogP contribution is -2.48. The number of ether oxygens (including phenoxy) is 2. The molecule has 2 aliphatic carbocycles. The second-order valence-corrected chi connectivity index (χ2v) is 5.58. The highest BCUT2D eigenvalue weighted by atomic mass is 16.6. The van der Waals surface area contributed by atoms with E-state index in [1.54, 1.807) is 6.92 Å². The molecule has 0 radical (unpaired) electrons. The summed E-state index contributed by atoms with van der Waals surface area (Å²) in [5, 5.41) is 0. The van der Waals surface area contributed by atoms with E-state index in [4.69, 9.17) is 9.47 Å². The van der Waals surface area contributed by atoms with Crippen LogP contribution in [0, 0.1) is 11.8 Å². The number of fused-ring (bicyclic) bond motifs is 1. The van der Waals surface area contributed by atoms with Gasteiger partial charge in [0.15, 0.2) is 5.78 Å². The van der Waals surface area contributed by atoms with Crippen molar-refractivity contribution < 1.29 is 19.1 Å². The zero-order valence-electron chi connectivity index (χ0n) is 10.1. The number of carbonyl (C=O) groups is 2. The standard InChI is InChI=1S/C13H16O4/c1-6(2)12(15)17-13(3)8-5-9(14)11-7(8)4-10(13)16-11/h7-8,10-11H,1,4-5H2,2-3H3. The number of esters is 1. The Labute approximate surface area is 100.0 Å². The number of Topliss-reactive ketones (excluding diaryl/α,β-unsaturated/α-hetero) is 1. The predicted molar refractivity (Wildman–Crippen MR) is 59.2 cm³/mol. The van der Waals surface area contributed by atoms with Gasteiger partial charge >= 0.3 is 5.97 Å². The molecule has 5 unspecified atom stereocenters. The fourth-order valence-corrected chi connectivity index (χ4v) is 3.54. The molecule has 0 N–H and O–H groups in total. The highest BCUT2D eigenvalue weighted by Crippen LogP contribution is 2.58. The lowest BCUT2D eigenvalue weighted by Gasteiger charge is -2.37. The molecule has 3 fully saturated rings. The second-order valence-electron chi connectivity index (χ2n) is 5.58. The molecule has 0 spiro atoms. The number of carbonyl (C=O) groups excluding carboxylic acids is 2. The van der Waals surface area contributed by atoms with Gasteiger partial charge < -0.3 is 9.47 Å². The average Bonchev–Trinajstić information content (AvgIpc) is 2.83. The molecule has 2 bridgehead atoms. The van der Waals surface area contributed by atoms with Gasteiger partial charge in [0.2, 0.25) is 0 Å². The number of hydrogen-bond acceptors (Lipinski definition) is 4. The smallest absolute Gasteiger partial charge is 0.333 e. The molecule has 0 aromatic heterocycles. The summed E-state index contributed by atoms with van der Waals surface area (Å²) < 4.78 is 11.3. The maximum atomic E-state index is 11.7. The van der Waals surface area contributed by atoms with Crippen LogP contribution in [-0.4, -0.2) is 29.6 Å². The molecule has 1 heterocycles. The van der Waals surface area contributed by atoms with Gasteiger partial charge in [-0.3, -0.25) is 4.79 Å². The van der Waals surface area contributed by atoms with E-state index in [2.05, 4.69) is 6.58 Å². The van der Waals surface area contributed by atoms with Crippen molar-refractivity contribution in [1.82, 2.24) is 0 Å². The Kier molecular flexibility index (Phi) is 2.06. The van der Waals surface area contributed by atoms with E-state index in [-0.39, 0.29) is 35.8 Å². The predicted octanol–water partition coefficient (Wildman–Crippen LogP) is 1.24. The minimum absolute atomic E-state index is 0.127. The van der Waals surface area contributed by atoms with Crippen LogP contribution in [0.2, 0.25) is 0 Å². The SMILES string of the molecule is C=C(C)C(=O)OC1(C)C2CC3C(O2)C(=O)CC31. The molecule has 3 aliphatic rings. The third kappa shape index (κ3) is 1.27. The maximum absolute atomic E-state index is 11.7. The normalized spacial score (nSPS) is 46.4. The van der Waals surface area contributed by atoms with Crippen LogP contribution in [0.5, 0.6) is 0 Å². The third-order valence-corrected chi connectivity index (χ3v) is 4.48. The van der Waals surface area contributed by atoms with E-state index >= 15 is 0 Å². The van der Waals surface area contributed by atoms with Crippen molar-refractivity contribution in [2.45, 2.75) is 44.5 Å². The molecule has 3 rings (SSSR count). The largest absolute Gasteiger partial charge is 0.453 e. The van der Waals surface area contributed by atoms with Crippen LogP contribution in [0.3, 0.4) is 0 Å². The lowest BCUT2D eigenvalue weighted by molar-refractivity contribution is -0.183. The van der Waals surface area contributed by atoms with Gasteiger partial charge in [-0.05, 0) is 20.3 Å². The highest BCUT2D eigenvalue weighted by Gasteiger charge is 2.68. The van der Waals surface area contributed by atoms with Gasteiger partial charge in [-0.2, -0.15) is 0 Å². The summed E-state index contributed by atoms with van der Waals surface area (Å²) >= 11 is 0. The summed E-state index contributed by atoms with van der Waals surface area (Å²) in [5.41, 5.74) is -0.265. The molecular weight excluding hydrogens is 220 g/mol. The maximum Gasteiger partial charge on any atom is 0.333 e. The van der Waals surface area contributed by atoms with E-state index in [0.29, 0.717) is 12.0 Å². The van der Waals surface area contributed by atoms with Gasteiger partial charge in [0, 0.05) is 23.8 Å². The van der Waals surface area contributed by atoms with Crippen molar-refractivity contribution in [3.8, 4) is 0 Å². The van der Waals surface area contributed by atoms with Crippen molar-refractivity contribution in [3.63, 3.8) is 0 Å². The first-order chi connectivity index (χ1) is 7.93. The van der Waals surface area contributed by atoms with Crippen LogP contribution in [0.1, 0.15) is 26.7 Å². The Balaban J connectivity index is 1.87. The fraction of sp³-hybridized carbons (Fsp3) is 0.692. The fourth-order valence-electron chi connectivity index (χ4n) is 3.54. The van der Waals surface area contributed by atoms with Crippen LogP contribution in [0.15, 0.2) is 12.2 Å². The molecule has 92 valence electrons. The first-order valence-electron chi connectivity index (χ1n) is 6.00. The topological polar surface area (TPSA) is 52.6 Å². The molecule has 4 heteroatoms. The Hall–Kier alpha value is -1.16. The Morgan fingerprint density at radius 1 is 1.59 bits per heavy atom. The van der Waals surface area contributed by atoms with E-state index in [1.165, 1.54) is 0 Å². The second kappa shape index (κ2) is 3.19. The van der Waals surface area contributed by atoms with Crippen molar-refractivity contribution in [3.05, 3.63) is 12.2 Å². The molecule has 0 amide bonds. The summed E-state index contributed by atoms with van der Waals surface area (Å²) in [7, 11) is 0. The molecule has 5 atom stereocenters. The van der Waals surface area contributed by atoms with Gasteiger partial charge in [0.05, 0.1) is 6.10 Å². The van der Waals surface area contributed by atoms with Crippen molar-refractivity contribution in [2.24, 2.45) is 11.8 Å². The summed E-state index contributed by atoms with van der Waals surface area (Å²) in [5.74, 6) is 0.148. The number of rotatable bonds is 2.